The molecule has 0 bridgehead atoms. The van der Waals surface area contributed by atoms with E-state index >= 15 is 0 Å². The number of benzene rings is 1. The number of rotatable bonds is 8. The molecule has 1 saturated carbocycles. The third-order valence-electron chi connectivity index (χ3n) is 5.69. The maximum atomic E-state index is 12.9. The topological polar surface area (TPSA) is 52.6 Å². The first-order valence-corrected chi connectivity index (χ1v) is 10.3. The van der Waals surface area contributed by atoms with Gasteiger partial charge in [0.15, 0.2) is 5.78 Å². The Morgan fingerprint density at radius 3 is 2.26 bits per heavy atom. The lowest BCUT2D eigenvalue weighted by Crippen LogP contribution is -2.41. The SMILES string of the molecule is CCC(C)C(=O)c1ccccc1C(=O)OC1CCCCC1OC(C)(C)CC. The molecule has 0 aliphatic heterocycles. The molecular formula is C23H34O4. The van der Waals surface area contributed by atoms with E-state index in [4.69, 9.17) is 9.47 Å². The number of hydrogen-bond donors (Lipinski definition) is 0. The van der Waals surface area contributed by atoms with Gasteiger partial charge in [0.25, 0.3) is 0 Å². The highest BCUT2D eigenvalue weighted by atomic mass is 16.6. The lowest BCUT2D eigenvalue weighted by atomic mass is 9.92. The quantitative estimate of drug-likeness (QED) is 0.440. The van der Waals surface area contributed by atoms with Crippen LogP contribution in [0.15, 0.2) is 24.3 Å². The molecular weight excluding hydrogens is 340 g/mol. The molecule has 3 atom stereocenters. The summed E-state index contributed by atoms with van der Waals surface area (Å²) in [6.07, 6.45) is 5.11. The standard InChI is InChI=1S/C23H34O4/c1-6-16(3)21(24)17-12-8-9-13-18(17)22(25)26-19-14-10-11-15-20(19)27-23(4,5)7-2/h8-9,12-13,16,19-20H,6-7,10-11,14-15H2,1-5H3. The van der Waals surface area contributed by atoms with Crippen molar-refractivity contribution in [3.63, 3.8) is 0 Å². The fourth-order valence-corrected chi connectivity index (χ4v) is 3.35. The van der Waals surface area contributed by atoms with Crippen LogP contribution in [-0.4, -0.2) is 29.6 Å². The Morgan fingerprint density at radius 2 is 1.67 bits per heavy atom. The summed E-state index contributed by atoms with van der Waals surface area (Å²) in [5.74, 6) is -0.541. The second-order valence-corrected chi connectivity index (χ2v) is 8.22. The van der Waals surface area contributed by atoms with Gasteiger partial charge in [-0.25, -0.2) is 4.79 Å². The van der Waals surface area contributed by atoms with E-state index in [1.54, 1.807) is 24.3 Å². The van der Waals surface area contributed by atoms with Crippen LogP contribution in [0.25, 0.3) is 0 Å². The number of ether oxygens (including phenoxy) is 2. The molecule has 1 aromatic rings. The van der Waals surface area contributed by atoms with Gasteiger partial charge in [-0.15, -0.1) is 0 Å². The van der Waals surface area contributed by atoms with Crippen molar-refractivity contribution in [2.24, 2.45) is 5.92 Å². The van der Waals surface area contributed by atoms with E-state index in [9.17, 15) is 9.59 Å². The fraction of sp³-hybridized carbons (Fsp3) is 0.652. The first-order chi connectivity index (χ1) is 12.8. The van der Waals surface area contributed by atoms with Gasteiger partial charge in [0.2, 0.25) is 0 Å². The monoisotopic (exact) mass is 374 g/mol. The van der Waals surface area contributed by atoms with E-state index in [-0.39, 0.29) is 29.5 Å². The normalized spacial score (nSPS) is 21.5. The maximum absolute atomic E-state index is 12.9. The second kappa shape index (κ2) is 9.50. The molecule has 0 heterocycles. The summed E-state index contributed by atoms with van der Waals surface area (Å²) in [6, 6.07) is 6.98. The molecule has 0 radical (unpaired) electrons. The van der Waals surface area contributed by atoms with Crippen molar-refractivity contribution < 1.29 is 19.1 Å². The molecule has 0 spiro atoms. The molecule has 150 valence electrons. The van der Waals surface area contributed by atoms with Crippen molar-refractivity contribution in [3.05, 3.63) is 35.4 Å². The van der Waals surface area contributed by atoms with E-state index in [1.165, 1.54) is 0 Å². The highest BCUT2D eigenvalue weighted by molar-refractivity contribution is 6.07. The van der Waals surface area contributed by atoms with Gasteiger partial charge in [-0.3, -0.25) is 4.79 Å². The molecule has 1 aliphatic carbocycles. The summed E-state index contributed by atoms with van der Waals surface area (Å²) >= 11 is 0. The fourth-order valence-electron chi connectivity index (χ4n) is 3.35. The van der Waals surface area contributed by atoms with E-state index < -0.39 is 5.97 Å². The molecule has 2 rings (SSSR count). The van der Waals surface area contributed by atoms with Crippen molar-refractivity contribution in [3.8, 4) is 0 Å². The number of carbonyl (C=O) groups excluding carboxylic acids is 2. The van der Waals surface area contributed by atoms with Gasteiger partial charge in [0.05, 0.1) is 17.3 Å². The van der Waals surface area contributed by atoms with Crippen LogP contribution in [0, 0.1) is 5.92 Å². The number of esters is 1. The molecule has 0 saturated heterocycles. The predicted molar refractivity (Wildman–Crippen MR) is 107 cm³/mol. The maximum Gasteiger partial charge on any atom is 0.339 e. The van der Waals surface area contributed by atoms with Crippen LogP contribution >= 0.6 is 0 Å². The first-order valence-electron chi connectivity index (χ1n) is 10.3. The molecule has 1 aromatic carbocycles. The smallest absolute Gasteiger partial charge is 0.339 e. The van der Waals surface area contributed by atoms with Crippen molar-refractivity contribution in [2.45, 2.75) is 91.0 Å². The van der Waals surface area contributed by atoms with Gasteiger partial charge >= 0.3 is 5.97 Å². The number of ketones is 1. The van der Waals surface area contributed by atoms with E-state index in [2.05, 4.69) is 20.8 Å². The summed E-state index contributed by atoms with van der Waals surface area (Å²) in [6.45, 7) is 10.1. The van der Waals surface area contributed by atoms with Crippen LogP contribution in [-0.2, 0) is 9.47 Å². The molecule has 1 fully saturated rings. The Bertz CT molecular complexity index is 650. The lowest BCUT2D eigenvalue weighted by Gasteiger charge is -2.37. The van der Waals surface area contributed by atoms with Crippen LogP contribution in [0.1, 0.15) is 93.9 Å². The van der Waals surface area contributed by atoms with Crippen molar-refractivity contribution >= 4 is 11.8 Å². The average molecular weight is 375 g/mol. The Hall–Kier alpha value is -1.68. The third-order valence-corrected chi connectivity index (χ3v) is 5.69. The molecule has 4 nitrogen and oxygen atoms in total. The molecule has 0 aromatic heterocycles. The zero-order valence-electron chi connectivity index (χ0n) is 17.4. The molecule has 3 unspecified atom stereocenters. The third kappa shape index (κ3) is 5.65. The second-order valence-electron chi connectivity index (χ2n) is 8.22. The molecule has 1 aliphatic rings. The first kappa shape index (κ1) is 21.6. The molecule has 0 amide bonds. The highest BCUT2D eigenvalue weighted by Gasteiger charge is 2.34. The van der Waals surface area contributed by atoms with Crippen molar-refractivity contribution in [2.75, 3.05) is 0 Å². The number of hydrogen-bond acceptors (Lipinski definition) is 4. The van der Waals surface area contributed by atoms with Gasteiger partial charge < -0.3 is 9.47 Å². The summed E-state index contributed by atoms with van der Waals surface area (Å²) < 4.78 is 12.1. The van der Waals surface area contributed by atoms with Crippen LogP contribution in [0.4, 0.5) is 0 Å². The lowest BCUT2D eigenvalue weighted by molar-refractivity contribution is -0.136. The minimum absolute atomic E-state index is 0.00592. The van der Waals surface area contributed by atoms with Gasteiger partial charge in [-0.05, 0) is 52.0 Å². The molecule has 27 heavy (non-hydrogen) atoms. The summed E-state index contributed by atoms with van der Waals surface area (Å²) in [5, 5.41) is 0. The minimum Gasteiger partial charge on any atom is -0.456 e. The van der Waals surface area contributed by atoms with Gasteiger partial charge in [-0.2, -0.15) is 0 Å². The van der Waals surface area contributed by atoms with E-state index in [0.29, 0.717) is 11.1 Å². The average Bonchev–Trinajstić information content (AvgIpc) is 2.68. The van der Waals surface area contributed by atoms with Gasteiger partial charge in [0, 0.05) is 11.5 Å². The van der Waals surface area contributed by atoms with Crippen LogP contribution < -0.4 is 0 Å². The largest absolute Gasteiger partial charge is 0.456 e. The van der Waals surface area contributed by atoms with E-state index in [0.717, 1.165) is 38.5 Å². The molecule has 4 heteroatoms. The number of carbonyl (C=O) groups is 2. The van der Waals surface area contributed by atoms with Crippen LogP contribution in [0.5, 0.6) is 0 Å². The number of Topliss-reactive ketones (excluding diaryl/α,β-unsaturated/α-hetero) is 1. The summed E-state index contributed by atoms with van der Waals surface area (Å²) in [4.78, 5) is 25.6. The van der Waals surface area contributed by atoms with Gasteiger partial charge in [-0.1, -0.05) is 45.4 Å². The zero-order chi connectivity index (χ0) is 20.0. The Balaban J connectivity index is 2.17. The van der Waals surface area contributed by atoms with Crippen molar-refractivity contribution in [1.82, 2.24) is 0 Å². The highest BCUT2D eigenvalue weighted by Crippen LogP contribution is 2.30. The minimum atomic E-state index is -0.419. The van der Waals surface area contributed by atoms with Crippen LogP contribution in [0.2, 0.25) is 0 Å². The Labute approximate surface area is 163 Å². The Morgan fingerprint density at radius 1 is 1.07 bits per heavy atom. The molecule has 0 N–H and O–H groups in total. The van der Waals surface area contributed by atoms with Crippen LogP contribution in [0.3, 0.4) is 0 Å². The van der Waals surface area contributed by atoms with Crippen molar-refractivity contribution in [1.29, 1.82) is 0 Å². The van der Waals surface area contributed by atoms with E-state index in [1.807, 2.05) is 13.8 Å². The predicted octanol–water partition coefficient (Wildman–Crippen LogP) is 5.59. The zero-order valence-corrected chi connectivity index (χ0v) is 17.4. The Kier molecular flexibility index (Phi) is 7.60. The van der Waals surface area contributed by atoms with Gasteiger partial charge in [0.1, 0.15) is 6.10 Å². The summed E-state index contributed by atoms with van der Waals surface area (Å²) in [5.41, 5.74) is 0.581. The summed E-state index contributed by atoms with van der Waals surface area (Å²) in [7, 11) is 0.